The Kier molecular flexibility index (Phi) is 4.78. The van der Waals surface area contributed by atoms with Crippen LogP contribution in [0.1, 0.15) is 18.1 Å². The number of para-hydroxylation sites is 1. The Morgan fingerprint density at radius 1 is 1.30 bits per heavy atom. The average molecular weight is 338 g/mol. The maximum absolute atomic E-state index is 14.0. The molecule has 1 atom stereocenters. The minimum absolute atomic E-state index is 0.0508. The zero-order valence-corrected chi connectivity index (χ0v) is 13.1. The molecule has 106 valence electrons. The van der Waals surface area contributed by atoms with Crippen molar-refractivity contribution in [2.45, 2.75) is 26.3 Å². The zero-order chi connectivity index (χ0) is 14.7. The van der Waals surface area contributed by atoms with Gasteiger partial charge >= 0.3 is 0 Å². The lowest BCUT2D eigenvalue weighted by molar-refractivity contribution is 0.432. The second-order valence-electron chi connectivity index (χ2n) is 4.92. The summed E-state index contributed by atoms with van der Waals surface area (Å²) in [4.78, 5) is 0. The van der Waals surface area contributed by atoms with Gasteiger partial charge in [-0.2, -0.15) is 0 Å². The van der Waals surface area contributed by atoms with Crippen LogP contribution in [-0.2, 0) is 6.42 Å². The van der Waals surface area contributed by atoms with E-state index < -0.39 is 0 Å². The first kappa shape index (κ1) is 15.0. The first-order valence-corrected chi connectivity index (χ1v) is 7.23. The summed E-state index contributed by atoms with van der Waals surface area (Å²) in [6.45, 7) is 3.81. The molecular formula is C16H17BrFNO. The molecule has 4 heteroatoms. The quantitative estimate of drug-likeness (QED) is 0.886. The summed E-state index contributed by atoms with van der Waals surface area (Å²) in [6.07, 6.45) is 0.572. The molecule has 0 aliphatic carbocycles. The molecule has 0 fully saturated rings. The number of halogens is 2. The summed E-state index contributed by atoms with van der Waals surface area (Å²) in [5.41, 5.74) is 7.52. The van der Waals surface area contributed by atoms with Gasteiger partial charge in [0.05, 0.1) is 0 Å². The molecule has 0 heterocycles. The van der Waals surface area contributed by atoms with Crippen molar-refractivity contribution in [3.05, 3.63) is 57.8 Å². The topological polar surface area (TPSA) is 35.2 Å². The summed E-state index contributed by atoms with van der Waals surface area (Å²) in [6, 6.07) is 10.5. The van der Waals surface area contributed by atoms with Crippen LogP contribution in [0.2, 0.25) is 0 Å². The van der Waals surface area contributed by atoms with E-state index in [4.69, 9.17) is 10.5 Å². The predicted molar refractivity (Wildman–Crippen MR) is 82.7 cm³/mol. The van der Waals surface area contributed by atoms with E-state index in [1.165, 1.54) is 6.07 Å². The fourth-order valence-corrected chi connectivity index (χ4v) is 2.49. The first-order chi connectivity index (χ1) is 9.47. The summed E-state index contributed by atoms with van der Waals surface area (Å²) in [5, 5.41) is 0. The molecular weight excluding hydrogens is 321 g/mol. The van der Waals surface area contributed by atoms with Gasteiger partial charge in [0, 0.05) is 10.5 Å². The van der Waals surface area contributed by atoms with Crippen molar-refractivity contribution < 1.29 is 9.13 Å². The Bertz CT molecular complexity index is 613. The van der Waals surface area contributed by atoms with E-state index in [0.717, 1.165) is 15.6 Å². The largest absolute Gasteiger partial charge is 0.454 e. The molecule has 0 bridgehead atoms. The fraction of sp³-hybridized carbons (Fsp3) is 0.250. The Labute approximate surface area is 126 Å². The molecule has 2 rings (SSSR count). The Hall–Kier alpha value is -1.39. The standard InChI is InChI=1S/C16H17BrFNO/c1-10-8-13(17)6-7-15(10)20-16-12(9-11(2)19)4-3-5-14(16)18/h3-8,11H,9,19H2,1-2H3. The van der Waals surface area contributed by atoms with Crippen LogP contribution in [-0.4, -0.2) is 6.04 Å². The Morgan fingerprint density at radius 2 is 2.05 bits per heavy atom. The van der Waals surface area contributed by atoms with Crippen molar-refractivity contribution in [1.82, 2.24) is 0 Å². The molecule has 1 unspecified atom stereocenters. The molecule has 2 aromatic rings. The second kappa shape index (κ2) is 6.37. The van der Waals surface area contributed by atoms with Gasteiger partial charge in [0.25, 0.3) is 0 Å². The van der Waals surface area contributed by atoms with Gasteiger partial charge in [0.15, 0.2) is 11.6 Å². The fourth-order valence-electron chi connectivity index (χ4n) is 2.01. The first-order valence-electron chi connectivity index (χ1n) is 6.44. The lowest BCUT2D eigenvalue weighted by Gasteiger charge is -2.15. The van der Waals surface area contributed by atoms with Gasteiger partial charge in [0.2, 0.25) is 0 Å². The second-order valence-corrected chi connectivity index (χ2v) is 5.84. The highest BCUT2D eigenvalue weighted by Crippen LogP contribution is 2.32. The lowest BCUT2D eigenvalue weighted by atomic mass is 10.1. The normalized spacial score (nSPS) is 12.2. The molecule has 0 spiro atoms. The van der Waals surface area contributed by atoms with E-state index in [0.29, 0.717) is 12.2 Å². The number of rotatable bonds is 4. The SMILES string of the molecule is Cc1cc(Br)ccc1Oc1c(F)cccc1CC(C)N. The van der Waals surface area contributed by atoms with Crippen LogP contribution in [0.15, 0.2) is 40.9 Å². The minimum atomic E-state index is -0.370. The Balaban J connectivity index is 2.37. The van der Waals surface area contributed by atoms with Crippen LogP contribution >= 0.6 is 15.9 Å². The summed E-state index contributed by atoms with van der Waals surface area (Å²) < 4.78 is 20.8. The van der Waals surface area contributed by atoms with Crippen LogP contribution in [0, 0.1) is 12.7 Å². The molecule has 0 amide bonds. The van der Waals surface area contributed by atoms with Gasteiger partial charge in [-0.15, -0.1) is 0 Å². The van der Waals surface area contributed by atoms with E-state index in [9.17, 15) is 4.39 Å². The smallest absolute Gasteiger partial charge is 0.166 e. The zero-order valence-electron chi connectivity index (χ0n) is 11.5. The van der Waals surface area contributed by atoms with Gasteiger partial charge in [-0.05, 0) is 55.7 Å². The van der Waals surface area contributed by atoms with Gasteiger partial charge in [-0.25, -0.2) is 4.39 Å². The van der Waals surface area contributed by atoms with Gasteiger partial charge in [0.1, 0.15) is 5.75 Å². The third-order valence-corrected chi connectivity index (χ3v) is 3.43. The van der Waals surface area contributed by atoms with Crippen molar-refractivity contribution in [3.63, 3.8) is 0 Å². The summed E-state index contributed by atoms with van der Waals surface area (Å²) in [7, 11) is 0. The monoisotopic (exact) mass is 337 g/mol. The maximum atomic E-state index is 14.0. The number of hydrogen-bond donors (Lipinski definition) is 1. The van der Waals surface area contributed by atoms with Crippen LogP contribution in [0.3, 0.4) is 0 Å². The van der Waals surface area contributed by atoms with Gasteiger partial charge in [-0.3, -0.25) is 0 Å². The highest BCUT2D eigenvalue weighted by molar-refractivity contribution is 9.10. The molecule has 0 aliphatic rings. The molecule has 0 saturated carbocycles. The molecule has 0 aliphatic heterocycles. The van der Waals surface area contributed by atoms with E-state index in [2.05, 4.69) is 15.9 Å². The van der Waals surface area contributed by atoms with Crippen LogP contribution < -0.4 is 10.5 Å². The Morgan fingerprint density at radius 3 is 2.70 bits per heavy atom. The van der Waals surface area contributed by atoms with Crippen LogP contribution in [0.5, 0.6) is 11.5 Å². The van der Waals surface area contributed by atoms with Crippen molar-refractivity contribution in [1.29, 1.82) is 0 Å². The molecule has 0 saturated heterocycles. The number of benzene rings is 2. The van der Waals surface area contributed by atoms with Crippen molar-refractivity contribution in [2.75, 3.05) is 0 Å². The van der Waals surface area contributed by atoms with Crippen molar-refractivity contribution in [3.8, 4) is 11.5 Å². The molecule has 0 aromatic heterocycles. The van der Waals surface area contributed by atoms with Crippen molar-refractivity contribution >= 4 is 15.9 Å². The van der Waals surface area contributed by atoms with E-state index in [1.807, 2.05) is 38.1 Å². The summed E-state index contributed by atoms with van der Waals surface area (Å²) >= 11 is 3.40. The van der Waals surface area contributed by atoms with Gasteiger partial charge < -0.3 is 10.5 Å². The van der Waals surface area contributed by atoms with Crippen LogP contribution in [0.4, 0.5) is 4.39 Å². The number of hydrogen-bond acceptors (Lipinski definition) is 2. The van der Waals surface area contributed by atoms with E-state index in [1.54, 1.807) is 6.07 Å². The highest BCUT2D eigenvalue weighted by Gasteiger charge is 2.13. The molecule has 2 aromatic carbocycles. The average Bonchev–Trinajstić information content (AvgIpc) is 2.35. The van der Waals surface area contributed by atoms with E-state index >= 15 is 0 Å². The molecule has 2 N–H and O–H groups in total. The van der Waals surface area contributed by atoms with Gasteiger partial charge in [-0.1, -0.05) is 28.1 Å². The van der Waals surface area contributed by atoms with Crippen LogP contribution in [0.25, 0.3) is 0 Å². The number of ether oxygens (including phenoxy) is 1. The molecule has 20 heavy (non-hydrogen) atoms. The van der Waals surface area contributed by atoms with E-state index in [-0.39, 0.29) is 17.6 Å². The highest BCUT2D eigenvalue weighted by atomic mass is 79.9. The lowest BCUT2D eigenvalue weighted by Crippen LogP contribution is -2.18. The summed E-state index contributed by atoms with van der Waals surface area (Å²) in [5.74, 6) is 0.532. The number of aryl methyl sites for hydroxylation is 1. The number of nitrogens with two attached hydrogens (primary N) is 1. The molecule has 2 nitrogen and oxygen atoms in total. The van der Waals surface area contributed by atoms with Crippen molar-refractivity contribution in [2.24, 2.45) is 5.73 Å². The third-order valence-electron chi connectivity index (χ3n) is 2.94. The minimum Gasteiger partial charge on any atom is -0.454 e. The predicted octanol–water partition coefficient (Wildman–Crippen LogP) is 4.58. The maximum Gasteiger partial charge on any atom is 0.166 e. The molecule has 0 radical (unpaired) electrons. The third kappa shape index (κ3) is 3.58.